The largest absolute Gasteiger partial charge is 0.488 e. The minimum absolute atomic E-state index is 0.0870. The molecule has 17 heavy (non-hydrogen) atoms. The van der Waals surface area contributed by atoms with Crippen LogP contribution in [0.4, 0.5) is 0 Å². The van der Waals surface area contributed by atoms with Crippen molar-refractivity contribution in [1.29, 1.82) is 5.26 Å². The summed E-state index contributed by atoms with van der Waals surface area (Å²) in [6.07, 6.45) is 3.39. The summed E-state index contributed by atoms with van der Waals surface area (Å²) in [7, 11) is 1.71. The highest BCUT2D eigenvalue weighted by Gasteiger charge is 2.28. The average molecular weight is 252 g/mol. The van der Waals surface area contributed by atoms with Crippen molar-refractivity contribution >= 4 is 11.6 Å². The Morgan fingerprint density at radius 1 is 1.35 bits per heavy atom. The number of hydrogen-bond acceptors (Lipinski definition) is 3. The molecular formula is C13H14ClNO2. The predicted molar refractivity (Wildman–Crippen MR) is 65.2 cm³/mol. The van der Waals surface area contributed by atoms with Crippen molar-refractivity contribution in [1.82, 2.24) is 0 Å². The van der Waals surface area contributed by atoms with Gasteiger partial charge in [-0.05, 0) is 31.4 Å². The number of benzene rings is 1. The first-order valence-corrected chi connectivity index (χ1v) is 6.01. The Kier molecular flexibility index (Phi) is 3.88. The fourth-order valence-corrected chi connectivity index (χ4v) is 2.34. The first-order valence-electron chi connectivity index (χ1n) is 5.63. The zero-order valence-electron chi connectivity index (χ0n) is 9.65. The molecule has 0 aromatic heterocycles. The molecule has 0 radical (unpaired) electrons. The van der Waals surface area contributed by atoms with E-state index in [4.69, 9.17) is 26.3 Å². The molecule has 0 bridgehead atoms. The number of rotatable bonds is 3. The summed E-state index contributed by atoms with van der Waals surface area (Å²) in [6.45, 7) is 0. The molecule has 2 rings (SSSR count). The lowest BCUT2D eigenvalue weighted by Crippen LogP contribution is -2.27. The van der Waals surface area contributed by atoms with Crippen molar-refractivity contribution in [3.05, 3.63) is 28.8 Å². The SMILES string of the molecule is CO[C@H]1CCC[C@@H]1Oc1ccc(C#N)c(Cl)c1. The van der Waals surface area contributed by atoms with Crippen LogP contribution in [0, 0.1) is 11.3 Å². The van der Waals surface area contributed by atoms with Crippen molar-refractivity contribution in [3.63, 3.8) is 0 Å². The van der Waals surface area contributed by atoms with E-state index in [1.54, 1.807) is 25.3 Å². The number of halogens is 1. The molecule has 0 aliphatic heterocycles. The van der Waals surface area contributed by atoms with Gasteiger partial charge in [0.15, 0.2) is 0 Å². The Labute approximate surface area is 106 Å². The fraction of sp³-hybridized carbons (Fsp3) is 0.462. The van der Waals surface area contributed by atoms with Gasteiger partial charge in [-0.1, -0.05) is 11.6 Å². The van der Waals surface area contributed by atoms with Crippen LogP contribution in [0.1, 0.15) is 24.8 Å². The molecule has 1 aromatic carbocycles. The number of ether oxygens (including phenoxy) is 2. The summed E-state index contributed by atoms with van der Waals surface area (Å²) >= 11 is 5.95. The van der Waals surface area contributed by atoms with Gasteiger partial charge in [0.2, 0.25) is 0 Å². The standard InChI is InChI=1S/C13H14ClNO2/c1-16-12-3-2-4-13(12)17-10-6-5-9(8-15)11(14)7-10/h5-7,12-13H,2-4H2,1H3/t12-,13-/m0/s1. The normalized spacial score (nSPS) is 23.4. The van der Waals surface area contributed by atoms with Gasteiger partial charge in [-0.2, -0.15) is 5.26 Å². The van der Waals surface area contributed by atoms with Crippen LogP contribution in [0.2, 0.25) is 5.02 Å². The minimum atomic E-state index is 0.0870. The Morgan fingerprint density at radius 3 is 2.76 bits per heavy atom. The Hall–Kier alpha value is -1.24. The van der Waals surface area contributed by atoms with Gasteiger partial charge in [-0.25, -0.2) is 0 Å². The molecule has 0 amide bonds. The van der Waals surface area contributed by atoms with Gasteiger partial charge < -0.3 is 9.47 Å². The van der Waals surface area contributed by atoms with Crippen LogP contribution < -0.4 is 4.74 Å². The van der Waals surface area contributed by atoms with Crippen LogP contribution in [-0.2, 0) is 4.74 Å². The van der Waals surface area contributed by atoms with E-state index in [0.717, 1.165) is 19.3 Å². The van der Waals surface area contributed by atoms with Crippen molar-refractivity contribution in [2.75, 3.05) is 7.11 Å². The van der Waals surface area contributed by atoms with Gasteiger partial charge >= 0.3 is 0 Å². The molecule has 90 valence electrons. The smallest absolute Gasteiger partial charge is 0.125 e. The molecule has 0 heterocycles. The molecule has 0 saturated heterocycles. The Bertz CT molecular complexity index is 442. The molecule has 3 nitrogen and oxygen atoms in total. The molecule has 4 heteroatoms. The van der Waals surface area contributed by atoms with Crippen molar-refractivity contribution in [2.45, 2.75) is 31.5 Å². The highest BCUT2D eigenvalue weighted by atomic mass is 35.5. The summed E-state index contributed by atoms with van der Waals surface area (Å²) in [5.74, 6) is 0.697. The van der Waals surface area contributed by atoms with Crippen molar-refractivity contribution in [3.8, 4) is 11.8 Å². The second-order valence-electron chi connectivity index (χ2n) is 4.11. The molecular weight excluding hydrogens is 238 g/mol. The Balaban J connectivity index is 2.09. The van der Waals surface area contributed by atoms with E-state index in [9.17, 15) is 0 Å². The van der Waals surface area contributed by atoms with Gasteiger partial charge in [0, 0.05) is 13.2 Å². The zero-order chi connectivity index (χ0) is 12.3. The fourth-order valence-electron chi connectivity index (χ4n) is 2.13. The minimum Gasteiger partial charge on any atom is -0.488 e. The van der Waals surface area contributed by atoms with E-state index in [2.05, 4.69) is 0 Å². The molecule has 2 atom stereocenters. The summed E-state index contributed by atoms with van der Waals surface area (Å²) < 4.78 is 11.2. The van der Waals surface area contributed by atoms with E-state index in [0.29, 0.717) is 16.3 Å². The third kappa shape index (κ3) is 2.71. The van der Waals surface area contributed by atoms with Crippen LogP contribution in [-0.4, -0.2) is 19.3 Å². The van der Waals surface area contributed by atoms with Crippen LogP contribution in [0.15, 0.2) is 18.2 Å². The molecule has 1 aliphatic rings. The van der Waals surface area contributed by atoms with Crippen LogP contribution in [0.3, 0.4) is 0 Å². The lowest BCUT2D eigenvalue weighted by atomic mass is 10.2. The van der Waals surface area contributed by atoms with E-state index < -0.39 is 0 Å². The van der Waals surface area contributed by atoms with Crippen LogP contribution in [0.5, 0.6) is 5.75 Å². The third-order valence-corrected chi connectivity index (χ3v) is 3.36. The lowest BCUT2D eigenvalue weighted by molar-refractivity contribution is 0.0229. The topological polar surface area (TPSA) is 42.2 Å². The monoisotopic (exact) mass is 251 g/mol. The molecule has 1 saturated carbocycles. The molecule has 0 N–H and O–H groups in total. The molecule has 1 aliphatic carbocycles. The predicted octanol–water partition coefficient (Wildman–Crippen LogP) is 3.16. The second kappa shape index (κ2) is 5.39. The Morgan fingerprint density at radius 2 is 2.12 bits per heavy atom. The zero-order valence-corrected chi connectivity index (χ0v) is 10.4. The van der Waals surface area contributed by atoms with Crippen LogP contribution >= 0.6 is 11.6 Å². The number of nitrogens with zero attached hydrogens (tertiary/aromatic N) is 1. The molecule has 1 aromatic rings. The number of hydrogen-bond donors (Lipinski definition) is 0. The second-order valence-corrected chi connectivity index (χ2v) is 4.52. The first kappa shape index (κ1) is 12.2. The molecule has 0 unspecified atom stereocenters. The van der Waals surface area contributed by atoms with E-state index in [-0.39, 0.29) is 12.2 Å². The van der Waals surface area contributed by atoms with Gasteiger partial charge in [0.25, 0.3) is 0 Å². The van der Waals surface area contributed by atoms with Crippen molar-refractivity contribution in [2.24, 2.45) is 0 Å². The summed E-state index contributed by atoms with van der Waals surface area (Å²) in [5.41, 5.74) is 0.466. The average Bonchev–Trinajstić information content (AvgIpc) is 2.76. The third-order valence-electron chi connectivity index (χ3n) is 3.04. The first-order chi connectivity index (χ1) is 8.24. The maximum Gasteiger partial charge on any atom is 0.125 e. The number of nitriles is 1. The van der Waals surface area contributed by atoms with Gasteiger partial charge in [0.1, 0.15) is 17.9 Å². The maximum absolute atomic E-state index is 8.78. The number of methoxy groups -OCH3 is 1. The summed E-state index contributed by atoms with van der Waals surface area (Å²) in [5, 5.41) is 9.21. The summed E-state index contributed by atoms with van der Waals surface area (Å²) in [4.78, 5) is 0. The molecule has 1 fully saturated rings. The summed E-state index contributed by atoms with van der Waals surface area (Å²) in [6, 6.07) is 7.16. The van der Waals surface area contributed by atoms with E-state index in [1.165, 1.54) is 0 Å². The van der Waals surface area contributed by atoms with Crippen molar-refractivity contribution < 1.29 is 9.47 Å². The quantitative estimate of drug-likeness (QED) is 0.829. The van der Waals surface area contributed by atoms with E-state index in [1.807, 2.05) is 6.07 Å². The lowest BCUT2D eigenvalue weighted by Gasteiger charge is -2.20. The highest BCUT2D eigenvalue weighted by molar-refractivity contribution is 6.31. The highest BCUT2D eigenvalue weighted by Crippen LogP contribution is 2.28. The maximum atomic E-state index is 8.78. The molecule has 0 spiro atoms. The van der Waals surface area contributed by atoms with E-state index >= 15 is 0 Å². The van der Waals surface area contributed by atoms with Crippen LogP contribution in [0.25, 0.3) is 0 Å². The van der Waals surface area contributed by atoms with Gasteiger partial charge in [-0.15, -0.1) is 0 Å². The van der Waals surface area contributed by atoms with Gasteiger partial charge in [-0.3, -0.25) is 0 Å². The van der Waals surface area contributed by atoms with Gasteiger partial charge in [0.05, 0.1) is 16.7 Å².